The summed E-state index contributed by atoms with van der Waals surface area (Å²) >= 11 is 0. The number of hydrogen-bond donors (Lipinski definition) is 2. The van der Waals surface area contributed by atoms with Crippen LogP contribution in [0.15, 0.2) is 24.3 Å². The van der Waals surface area contributed by atoms with Crippen LogP contribution in [0.25, 0.3) is 0 Å². The first-order valence-corrected chi connectivity index (χ1v) is 9.82. The lowest BCUT2D eigenvalue weighted by Crippen LogP contribution is -2.40. The van der Waals surface area contributed by atoms with Crippen molar-refractivity contribution in [1.82, 2.24) is 20.4 Å². The maximum atomic E-state index is 12.4. The SMILES string of the molecule is O=C(NNc1nc(N2CCOCC2)nc(N2CCOCC2)n1)c1ccc([N+](=O)[O-])cc1. The summed E-state index contributed by atoms with van der Waals surface area (Å²) in [6, 6.07) is 5.29. The van der Waals surface area contributed by atoms with Crippen molar-refractivity contribution < 1.29 is 19.2 Å². The van der Waals surface area contributed by atoms with E-state index in [0.717, 1.165) is 0 Å². The summed E-state index contributed by atoms with van der Waals surface area (Å²) in [7, 11) is 0. The summed E-state index contributed by atoms with van der Waals surface area (Å²) in [5.41, 5.74) is 5.42. The largest absolute Gasteiger partial charge is 0.378 e. The van der Waals surface area contributed by atoms with Gasteiger partial charge in [-0.05, 0) is 12.1 Å². The third kappa shape index (κ3) is 5.13. The van der Waals surface area contributed by atoms with Crippen molar-refractivity contribution >= 4 is 29.4 Å². The number of aromatic nitrogens is 3. The zero-order valence-corrected chi connectivity index (χ0v) is 16.7. The highest BCUT2D eigenvalue weighted by Crippen LogP contribution is 2.18. The fourth-order valence-electron chi connectivity index (χ4n) is 3.14. The molecule has 1 amide bonds. The van der Waals surface area contributed by atoms with E-state index in [1.54, 1.807) is 0 Å². The summed E-state index contributed by atoms with van der Waals surface area (Å²) in [4.78, 5) is 40.1. The van der Waals surface area contributed by atoms with Crippen LogP contribution in [0.4, 0.5) is 23.5 Å². The van der Waals surface area contributed by atoms with Gasteiger partial charge in [-0.25, -0.2) is 0 Å². The fourth-order valence-corrected chi connectivity index (χ4v) is 3.14. The van der Waals surface area contributed by atoms with Crippen LogP contribution < -0.4 is 20.7 Å². The van der Waals surface area contributed by atoms with E-state index in [-0.39, 0.29) is 17.2 Å². The Morgan fingerprint density at radius 2 is 1.42 bits per heavy atom. The molecule has 0 saturated carbocycles. The molecule has 4 rings (SSSR count). The highest BCUT2D eigenvalue weighted by Gasteiger charge is 2.21. The molecule has 13 nitrogen and oxygen atoms in total. The molecule has 2 N–H and O–H groups in total. The number of morpholine rings is 2. The molecule has 164 valence electrons. The molecule has 3 heterocycles. The molecule has 13 heteroatoms. The first-order chi connectivity index (χ1) is 15.1. The third-order valence-electron chi connectivity index (χ3n) is 4.83. The lowest BCUT2D eigenvalue weighted by Gasteiger charge is -2.30. The van der Waals surface area contributed by atoms with Gasteiger partial charge in [0.2, 0.25) is 17.8 Å². The van der Waals surface area contributed by atoms with Crippen LogP contribution in [-0.2, 0) is 9.47 Å². The number of anilines is 3. The lowest BCUT2D eigenvalue weighted by molar-refractivity contribution is -0.384. The van der Waals surface area contributed by atoms with Gasteiger partial charge < -0.3 is 19.3 Å². The number of nitro groups is 1. The normalized spacial score (nSPS) is 16.6. The predicted octanol–water partition coefficient (Wildman–Crippen LogP) is 0.210. The fraction of sp³-hybridized carbons (Fsp3) is 0.444. The number of ether oxygens (including phenoxy) is 2. The van der Waals surface area contributed by atoms with E-state index in [1.807, 2.05) is 9.80 Å². The second kappa shape index (κ2) is 9.49. The molecule has 0 atom stereocenters. The van der Waals surface area contributed by atoms with Crippen molar-refractivity contribution in [2.75, 3.05) is 67.8 Å². The van der Waals surface area contributed by atoms with Gasteiger partial charge in [-0.15, -0.1) is 0 Å². The quantitative estimate of drug-likeness (QED) is 0.478. The number of benzene rings is 1. The molecular formula is C18H22N8O5. The van der Waals surface area contributed by atoms with Gasteiger partial charge >= 0.3 is 0 Å². The Bertz CT molecular complexity index is 893. The predicted molar refractivity (Wildman–Crippen MR) is 110 cm³/mol. The third-order valence-corrected chi connectivity index (χ3v) is 4.83. The van der Waals surface area contributed by atoms with E-state index in [0.29, 0.717) is 64.5 Å². The van der Waals surface area contributed by atoms with E-state index in [1.165, 1.54) is 24.3 Å². The smallest absolute Gasteiger partial charge is 0.269 e. The second-order valence-electron chi connectivity index (χ2n) is 6.84. The summed E-state index contributed by atoms with van der Waals surface area (Å²) in [6.07, 6.45) is 0. The molecule has 2 fully saturated rings. The Morgan fingerprint density at radius 1 is 0.903 bits per heavy atom. The van der Waals surface area contributed by atoms with Crippen molar-refractivity contribution in [3.05, 3.63) is 39.9 Å². The Balaban J connectivity index is 1.50. The average Bonchev–Trinajstić information content (AvgIpc) is 2.83. The first-order valence-electron chi connectivity index (χ1n) is 9.82. The molecular weight excluding hydrogens is 408 g/mol. The zero-order chi connectivity index (χ0) is 21.6. The average molecular weight is 430 g/mol. The molecule has 0 unspecified atom stereocenters. The summed E-state index contributed by atoms with van der Waals surface area (Å²) in [6.45, 7) is 4.94. The Kier molecular flexibility index (Phi) is 6.33. The van der Waals surface area contributed by atoms with Crippen LogP contribution in [0, 0.1) is 10.1 Å². The topological polar surface area (TPSA) is 148 Å². The number of carbonyl (C=O) groups excluding carboxylic acids is 1. The number of hydrazine groups is 1. The number of nitro benzene ring substituents is 1. The molecule has 0 radical (unpaired) electrons. The minimum absolute atomic E-state index is 0.0905. The summed E-state index contributed by atoms with van der Waals surface area (Å²) in [5.74, 6) is 0.697. The van der Waals surface area contributed by atoms with E-state index in [4.69, 9.17) is 9.47 Å². The van der Waals surface area contributed by atoms with Crippen molar-refractivity contribution in [2.24, 2.45) is 0 Å². The van der Waals surface area contributed by atoms with Crippen LogP contribution in [0.3, 0.4) is 0 Å². The minimum atomic E-state index is -0.523. The van der Waals surface area contributed by atoms with E-state index in [9.17, 15) is 14.9 Å². The van der Waals surface area contributed by atoms with Gasteiger partial charge in [0, 0.05) is 43.9 Å². The number of carbonyl (C=O) groups is 1. The maximum absolute atomic E-state index is 12.4. The standard InChI is InChI=1S/C18H22N8O5/c27-15(13-1-3-14(4-2-13)26(28)29)22-23-16-19-17(24-5-9-30-10-6-24)21-18(20-16)25-7-11-31-12-8-25/h1-4H,5-12H2,(H,22,27)(H,19,20,21,23). The van der Waals surface area contributed by atoms with Gasteiger partial charge in [-0.3, -0.25) is 25.8 Å². The van der Waals surface area contributed by atoms with Gasteiger partial charge in [0.25, 0.3) is 11.6 Å². The highest BCUT2D eigenvalue weighted by molar-refractivity contribution is 5.94. The van der Waals surface area contributed by atoms with Crippen LogP contribution >= 0.6 is 0 Å². The molecule has 2 saturated heterocycles. The van der Waals surface area contributed by atoms with Crippen molar-refractivity contribution in [3.8, 4) is 0 Å². The second-order valence-corrected chi connectivity index (χ2v) is 6.84. The summed E-state index contributed by atoms with van der Waals surface area (Å²) in [5, 5.41) is 10.8. The van der Waals surface area contributed by atoms with Crippen molar-refractivity contribution in [1.29, 1.82) is 0 Å². The molecule has 2 aromatic rings. The maximum Gasteiger partial charge on any atom is 0.269 e. The number of hydrogen-bond acceptors (Lipinski definition) is 11. The summed E-state index contributed by atoms with van der Waals surface area (Å²) < 4.78 is 10.8. The van der Waals surface area contributed by atoms with E-state index in [2.05, 4.69) is 25.8 Å². The number of rotatable bonds is 6. The minimum Gasteiger partial charge on any atom is -0.378 e. The van der Waals surface area contributed by atoms with Gasteiger partial charge in [0.05, 0.1) is 31.4 Å². The number of amides is 1. The molecule has 31 heavy (non-hydrogen) atoms. The van der Waals surface area contributed by atoms with Crippen LogP contribution in [0.5, 0.6) is 0 Å². The Labute approximate surface area is 177 Å². The monoisotopic (exact) mass is 430 g/mol. The molecule has 2 aliphatic rings. The number of nitrogens with zero attached hydrogens (tertiary/aromatic N) is 6. The highest BCUT2D eigenvalue weighted by atomic mass is 16.6. The molecule has 0 spiro atoms. The lowest BCUT2D eigenvalue weighted by atomic mass is 10.2. The first kappa shape index (κ1) is 20.7. The van der Waals surface area contributed by atoms with E-state index >= 15 is 0 Å². The van der Waals surface area contributed by atoms with E-state index < -0.39 is 10.8 Å². The molecule has 2 aliphatic heterocycles. The van der Waals surface area contributed by atoms with Gasteiger partial charge in [0.1, 0.15) is 0 Å². The van der Waals surface area contributed by atoms with Gasteiger partial charge in [0.15, 0.2) is 0 Å². The molecule has 1 aromatic heterocycles. The van der Waals surface area contributed by atoms with Gasteiger partial charge in [-0.2, -0.15) is 15.0 Å². The van der Waals surface area contributed by atoms with Crippen molar-refractivity contribution in [3.63, 3.8) is 0 Å². The van der Waals surface area contributed by atoms with Crippen LogP contribution in [0.1, 0.15) is 10.4 Å². The van der Waals surface area contributed by atoms with Crippen molar-refractivity contribution in [2.45, 2.75) is 0 Å². The molecule has 1 aromatic carbocycles. The number of non-ortho nitro benzene ring substituents is 1. The van der Waals surface area contributed by atoms with Gasteiger partial charge in [-0.1, -0.05) is 0 Å². The molecule has 0 aliphatic carbocycles. The molecule has 0 bridgehead atoms. The Morgan fingerprint density at radius 3 is 1.90 bits per heavy atom. The Hall–Kier alpha value is -3.58. The number of nitrogens with one attached hydrogen (secondary N) is 2. The zero-order valence-electron chi connectivity index (χ0n) is 16.7. The van der Waals surface area contributed by atoms with Crippen LogP contribution in [0.2, 0.25) is 0 Å². The van der Waals surface area contributed by atoms with Crippen LogP contribution in [-0.4, -0.2) is 78.4 Å².